The Balaban J connectivity index is 1.69. The van der Waals surface area contributed by atoms with Crippen LogP contribution in [0.15, 0.2) is 42.7 Å². The van der Waals surface area contributed by atoms with E-state index in [0.717, 1.165) is 0 Å². The molecule has 30 heavy (non-hydrogen) atoms. The molecule has 2 heterocycles. The van der Waals surface area contributed by atoms with E-state index in [0.29, 0.717) is 21.9 Å². The molecule has 1 aliphatic carbocycles. The number of hydrogen-bond donors (Lipinski definition) is 2. The van der Waals surface area contributed by atoms with E-state index in [-0.39, 0.29) is 17.8 Å². The Labute approximate surface area is 168 Å². The van der Waals surface area contributed by atoms with Gasteiger partial charge in [0, 0.05) is 23.3 Å². The molecule has 156 valence electrons. The molecule has 0 spiro atoms. The molecule has 0 saturated heterocycles. The minimum Gasteiger partial charge on any atom is -0.378 e. The van der Waals surface area contributed by atoms with Gasteiger partial charge in [-0.25, -0.2) is 9.37 Å². The summed E-state index contributed by atoms with van der Waals surface area (Å²) >= 11 is 0. The molecule has 0 aliphatic heterocycles. The summed E-state index contributed by atoms with van der Waals surface area (Å²) in [5.41, 5.74) is 0.709. The SMILES string of the molecule is Cc1ccnc([C@H](O)C(F)(F)F)c1-c1ccc2cc(NC(=O)C3CC3F)ncc2c1. The summed E-state index contributed by atoms with van der Waals surface area (Å²) in [6.45, 7) is 1.64. The number of halogens is 4. The maximum atomic E-state index is 13.1. The monoisotopic (exact) mass is 419 g/mol. The number of fused-ring (bicyclic) bond motifs is 1. The van der Waals surface area contributed by atoms with Gasteiger partial charge in [0.1, 0.15) is 12.0 Å². The lowest BCUT2D eigenvalue weighted by Gasteiger charge is -2.19. The third-order valence-electron chi connectivity index (χ3n) is 5.07. The first kappa shape index (κ1) is 20.2. The first-order chi connectivity index (χ1) is 14.1. The van der Waals surface area contributed by atoms with Crippen LogP contribution in [0.3, 0.4) is 0 Å². The molecule has 5 nitrogen and oxygen atoms in total. The number of anilines is 1. The Morgan fingerprint density at radius 2 is 1.93 bits per heavy atom. The van der Waals surface area contributed by atoms with Crippen LogP contribution in [0.2, 0.25) is 0 Å². The third kappa shape index (κ3) is 3.85. The van der Waals surface area contributed by atoms with Gasteiger partial charge in [0.2, 0.25) is 5.91 Å². The molecule has 4 rings (SSSR count). The van der Waals surface area contributed by atoms with Crippen LogP contribution in [0, 0.1) is 12.8 Å². The number of benzene rings is 1. The van der Waals surface area contributed by atoms with Gasteiger partial charge in [-0.1, -0.05) is 12.1 Å². The van der Waals surface area contributed by atoms with Crippen LogP contribution in [0.5, 0.6) is 0 Å². The summed E-state index contributed by atoms with van der Waals surface area (Å²) in [6.07, 6.45) is -5.76. The molecule has 1 aromatic carbocycles. The fourth-order valence-electron chi connectivity index (χ4n) is 3.34. The fraction of sp³-hybridized carbons (Fsp3) is 0.286. The zero-order chi connectivity index (χ0) is 21.6. The van der Waals surface area contributed by atoms with E-state index in [2.05, 4.69) is 15.3 Å². The average molecular weight is 419 g/mol. The molecule has 2 aromatic heterocycles. The number of aliphatic hydroxyl groups excluding tert-OH is 1. The number of carbonyl (C=O) groups excluding carboxylic acids is 1. The number of aromatic nitrogens is 2. The molecule has 0 radical (unpaired) electrons. The number of hydrogen-bond acceptors (Lipinski definition) is 4. The second-order valence-corrected chi connectivity index (χ2v) is 7.31. The molecule has 2 N–H and O–H groups in total. The number of pyridine rings is 2. The molecule has 1 aliphatic rings. The quantitative estimate of drug-likeness (QED) is 0.611. The summed E-state index contributed by atoms with van der Waals surface area (Å²) < 4.78 is 52.3. The van der Waals surface area contributed by atoms with Gasteiger partial charge >= 0.3 is 6.18 Å². The van der Waals surface area contributed by atoms with Gasteiger partial charge in [0.05, 0.1) is 11.6 Å². The zero-order valence-electron chi connectivity index (χ0n) is 15.7. The summed E-state index contributed by atoms with van der Waals surface area (Å²) in [5.74, 6) is -0.801. The third-order valence-corrected chi connectivity index (χ3v) is 5.07. The topological polar surface area (TPSA) is 75.1 Å². The molecular weight excluding hydrogens is 402 g/mol. The Hall–Kier alpha value is -3.07. The van der Waals surface area contributed by atoms with Gasteiger partial charge in [0.15, 0.2) is 6.10 Å². The lowest BCUT2D eigenvalue weighted by Crippen LogP contribution is -2.22. The largest absolute Gasteiger partial charge is 0.420 e. The Morgan fingerprint density at radius 3 is 2.60 bits per heavy atom. The van der Waals surface area contributed by atoms with E-state index in [1.807, 2.05) is 0 Å². The van der Waals surface area contributed by atoms with Crippen molar-refractivity contribution < 1.29 is 27.5 Å². The van der Waals surface area contributed by atoms with Crippen molar-refractivity contribution in [2.75, 3.05) is 5.32 Å². The van der Waals surface area contributed by atoms with Gasteiger partial charge in [-0.15, -0.1) is 0 Å². The normalized spacial score (nSPS) is 19.5. The Morgan fingerprint density at radius 1 is 1.20 bits per heavy atom. The maximum Gasteiger partial charge on any atom is 0.420 e. The Kier molecular flexibility index (Phi) is 4.93. The number of rotatable bonds is 4. The smallest absolute Gasteiger partial charge is 0.378 e. The van der Waals surface area contributed by atoms with Gasteiger partial charge in [-0.3, -0.25) is 9.78 Å². The molecule has 2 unspecified atom stereocenters. The second kappa shape index (κ2) is 7.32. The van der Waals surface area contributed by atoms with Crippen LogP contribution < -0.4 is 5.32 Å². The number of amides is 1. The highest BCUT2D eigenvalue weighted by atomic mass is 19.4. The first-order valence-electron chi connectivity index (χ1n) is 9.20. The fourth-order valence-corrected chi connectivity index (χ4v) is 3.34. The van der Waals surface area contributed by atoms with Crippen molar-refractivity contribution in [3.05, 3.63) is 54.0 Å². The average Bonchev–Trinajstić information content (AvgIpc) is 3.43. The summed E-state index contributed by atoms with van der Waals surface area (Å²) in [4.78, 5) is 19.8. The van der Waals surface area contributed by atoms with Crippen LogP contribution in [-0.2, 0) is 4.79 Å². The highest BCUT2D eigenvalue weighted by molar-refractivity contribution is 5.96. The number of nitrogens with one attached hydrogen (secondary N) is 1. The van der Waals surface area contributed by atoms with Crippen LogP contribution in [0.4, 0.5) is 23.4 Å². The van der Waals surface area contributed by atoms with Crippen molar-refractivity contribution in [2.24, 2.45) is 5.92 Å². The lowest BCUT2D eigenvalue weighted by atomic mass is 9.95. The molecule has 3 atom stereocenters. The standard InChI is InChI=1S/C21H17F4N3O2/c1-10-4-5-26-18(19(29)21(23,24)25)17(10)12-3-2-11-7-16(27-9-13(11)6-12)28-20(30)14-8-15(14)22/h2-7,9,14-15,19,29H,8H2,1H3,(H,27,28,30)/t14?,15?,19-/m0/s1. The van der Waals surface area contributed by atoms with Crippen LogP contribution in [-0.4, -0.2) is 33.3 Å². The van der Waals surface area contributed by atoms with Gasteiger partial charge in [-0.2, -0.15) is 13.2 Å². The van der Waals surface area contributed by atoms with E-state index in [1.165, 1.54) is 12.4 Å². The number of aliphatic hydroxyl groups is 1. The summed E-state index contributed by atoms with van der Waals surface area (Å²) in [7, 11) is 0. The van der Waals surface area contributed by atoms with Crippen LogP contribution in [0.1, 0.15) is 23.8 Å². The van der Waals surface area contributed by atoms with Gasteiger partial charge < -0.3 is 10.4 Å². The number of carbonyl (C=O) groups is 1. The second-order valence-electron chi connectivity index (χ2n) is 7.31. The molecular formula is C21H17F4N3O2. The number of alkyl halides is 4. The molecule has 9 heteroatoms. The predicted molar refractivity (Wildman–Crippen MR) is 102 cm³/mol. The van der Waals surface area contributed by atoms with Crippen molar-refractivity contribution in [3.8, 4) is 11.1 Å². The van der Waals surface area contributed by atoms with Crippen molar-refractivity contribution >= 4 is 22.5 Å². The molecule has 0 bridgehead atoms. The highest BCUT2D eigenvalue weighted by Crippen LogP contribution is 2.39. The van der Waals surface area contributed by atoms with Gasteiger partial charge in [-0.05, 0) is 48.1 Å². The van der Waals surface area contributed by atoms with E-state index in [4.69, 9.17) is 0 Å². The zero-order valence-corrected chi connectivity index (χ0v) is 15.7. The lowest BCUT2D eigenvalue weighted by molar-refractivity contribution is -0.207. The minimum absolute atomic E-state index is 0.198. The highest BCUT2D eigenvalue weighted by Gasteiger charge is 2.44. The van der Waals surface area contributed by atoms with Crippen LogP contribution >= 0.6 is 0 Å². The number of aryl methyl sites for hydroxylation is 1. The number of nitrogens with zero attached hydrogens (tertiary/aromatic N) is 2. The van der Waals surface area contributed by atoms with E-state index < -0.39 is 36.0 Å². The van der Waals surface area contributed by atoms with E-state index >= 15 is 0 Å². The van der Waals surface area contributed by atoms with Gasteiger partial charge in [0.25, 0.3) is 0 Å². The van der Waals surface area contributed by atoms with Crippen molar-refractivity contribution in [1.29, 1.82) is 0 Å². The van der Waals surface area contributed by atoms with Crippen molar-refractivity contribution in [3.63, 3.8) is 0 Å². The minimum atomic E-state index is -4.85. The van der Waals surface area contributed by atoms with E-state index in [1.54, 1.807) is 37.3 Å². The van der Waals surface area contributed by atoms with E-state index in [9.17, 15) is 27.5 Å². The molecule has 1 fully saturated rings. The predicted octanol–water partition coefficient (Wildman–Crippen LogP) is 4.50. The Bertz CT molecular complexity index is 1130. The molecule has 3 aromatic rings. The van der Waals surface area contributed by atoms with Crippen molar-refractivity contribution in [1.82, 2.24) is 9.97 Å². The summed E-state index contributed by atoms with van der Waals surface area (Å²) in [6, 6.07) is 8.10. The van der Waals surface area contributed by atoms with Crippen molar-refractivity contribution in [2.45, 2.75) is 31.8 Å². The van der Waals surface area contributed by atoms with Crippen LogP contribution in [0.25, 0.3) is 21.9 Å². The first-order valence-corrected chi connectivity index (χ1v) is 9.20. The molecule has 1 saturated carbocycles. The summed E-state index contributed by atoms with van der Waals surface area (Å²) in [5, 5.41) is 13.6. The maximum absolute atomic E-state index is 13.1. The molecule has 1 amide bonds.